The van der Waals surface area contributed by atoms with Crippen molar-refractivity contribution >= 4 is 9.84 Å². The molecule has 0 saturated heterocycles. The van der Waals surface area contributed by atoms with Gasteiger partial charge in [0.2, 0.25) is 0 Å². The van der Waals surface area contributed by atoms with Crippen LogP contribution < -0.4 is 0 Å². The number of aliphatic hydroxyl groups is 1. The minimum Gasteiger partial charge on any atom is -0.396 e. The van der Waals surface area contributed by atoms with Crippen LogP contribution in [0.2, 0.25) is 0 Å². The van der Waals surface area contributed by atoms with E-state index in [-0.39, 0.29) is 18.4 Å². The molecule has 1 aliphatic carbocycles. The standard InChI is InChI=1S/C13H18O3S/c1-3-9-4-6-10(7-5-9)12-11(8-14)13(12)17(2,15)16/h4-7,11-14H,3,8H2,1-2H3/t11-,12+,13+/m0/s1. The Hall–Kier alpha value is -0.870. The summed E-state index contributed by atoms with van der Waals surface area (Å²) in [6, 6.07) is 8.03. The van der Waals surface area contributed by atoms with Gasteiger partial charge in [-0.05, 0) is 17.5 Å². The van der Waals surface area contributed by atoms with Crippen LogP contribution in [0.25, 0.3) is 0 Å². The van der Waals surface area contributed by atoms with Gasteiger partial charge in [0, 0.05) is 24.7 Å². The molecule has 0 aliphatic heterocycles. The first-order valence-corrected chi connectivity index (χ1v) is 7.83. The van der Waals surface area contributed by atoms with Crippen LogP contribution in [0.3, 0.4) is 0 Å². The first kappa shape index (κ1) is 12.6. The first-order chi connectivity index (χ1) is 7.99. The second kappa shape index (κ2) is 4.42. The van der Waals surface area contributed by atoms with Crippen LogP contribution in [0.5, 0.6) is 0 Å². The highest BCUT2D eigenvalue weighted by Gasteiger charge is 2.56. The van der Waals surface area contributed by atoms with Crippen molar-refractivity contribution in [3.63, 3.8) is 0 Å². The van der Waals surface area contributed by atoms with Crippen LogP contribution >= 0.6 is 0 Å². The van der Waals surface area contributed by atoms with Crippen molar-refractivity contribution < 1.29 is 13.5 Å². The van der Waals surface area contributed by atoms with Gasteiger partial charge in [-0.2, -0.15) is 0 Å². The fourth-order valence-electron chi connectivity index (χ4n) is 2.56. The van der Waals surface area contributed by atoms with Gasteiger partial charge in [0.05, 0.1) is 5.25 Å². The minimum absolute atomic E-state index is 0.0269. The van der Waals surface area contributed by atoms with Crippen LogP contribution in [0.15, 0.2) is 24.3 Å². The molecule has 0 aromatic heterocycles. The van der Waals surface area contributed by atoms with Crippen molar-refractivity contribution in [1.82, 2.24) is 0 Å². The molecule has 94 valence electrons. The summed E-state index contributed by atoms with van der Waals surface area (Å²) in [6.45, 7) is 2.03. The Bertz CT molecular complexity index is 490. The highest BCUT2D eigenvalue weighted by Crippen LogP contribution is 2.51. The molecule has 4 heteroatoms. The van der Waals surface area contributed by atoms with Gasteiger partial charge in [0.15, 0.2) is 9.84 Å². The Morgan fingerprint density at radius 2 is 1.82 bits per heavy atom. The van der Waals surface area contributed by atoms with E-state index in [4.69, 9.17) is 0 Å². The van der Waals surface area contributed by atoms with Crippen LogP contribution in [0.1, 0.15) is 24.0 Å². The van der Waals surface area contributed by atoms with E-state index < -0.39 is 15.1 Å². The Balaban J connectivity index is 2.23. The molecule has 0 bridgehead atoms. The Labute approximate surface area is 102 Å². The van der Waals surface area contributed by atoms with E-state index >= 15 is 0 Å². The molecule has 1 aromatic carbocycles. The average molecular weight is 254 g/mol. The molecule has 3 nitrogen and oxygen atoms in total. The summed E-state index contributed by atoms with van der Waals surface area (Å²) in [7, 11) is -3.06. The largest absolute Gasteiger partial charge is 0.396 e. The van der Waals surface area contributed by atoms with E-state index in [1.165, 1.54) is 11.8 Å². The molecule has 17 heavy (non-hydrogen) atoms. The molecule has 1 aliphatic rings. The van der Waals surface area contributed by atoms with E-state index in [1.807, 2.05) is 24.3 Å². The molecule has 0 radical (unpaired) electrons. The number of rotatable bonds is 4. The zero-order valence-corrected chi connectivity index (χ0v) is 10.9. The number of hydrogen-bond acceptors (Lipinski definition) is 3. The molecule has 0 amide bonds. The first-order valence-electron chi connectivity index (χ1n) is 5.87. The lowest BCUT2D eigenvalue weighted by atomic mass is 10.1. The zero-order valence-electron chi connectivity index (χ0n) is 10.1. The number of benzene rings is 1. The molecule has 1 fully saturated rings. The van der Waals surface area contributed by atoms with Crippen molar-refractivity contribution in [3.8, 4) is 0 Å². The lowest BCUT2D eigenvalue weighted by molar-refractivity contribution is 0.274. The molecule has 3 atom stereocenters. The SMILES string of the molecule is CCc1ccc([C@@H]2[C@H](CO)[C@H]2S(C)(=O)=O)cc1. The maximum Gasteiger partial charge on any atom is 0.151 e. The Morgan fingerprint density at radius 3 is 2.18 bits per heavy atom. The van der Waals surface area contributed by atoms with Crippen LogP contribution in [0.4, 0.5) is 0 Å². The molecular formula is C13H18O3S. The Kier molecular flexibility index (Phi) is 3.27. The molecule has 1 saturated carbocycles. The molecule has 1 aromatic rings. The van der Waals surface area contributed by atoms with Gasteiger partial charge >= 0.3 is 0 Å². The van der Waals surface area contributed by atoms with Gasteiger partial charge in [-0.1, -0.05) is 31.2 Å². The van der Waals surface area contributed by atoms with Crippen LogP contribution in [-0.2, 0) is 16.3 Å². The van der Waals surface area contributed by atoms with Gasteiger partial charge in [-0.3, -0.25) is 0 Å². The number of aryl methyl sites for hydroxylation is 1. The normalized spacial score (nSPS) is 28.1. The van der Waals surface area contributed by atoms with Crippen molar-refractivity contribution in [2.75, 3.05) is 12.9 Å². The quantitative estimate of drug-likeness (QED) is 0.883. The third kappa shape index (κ3) is 2.38. The summed E-state index contributed by atoms with van der Waals surface area (Å²) in [4.78, 5) is 0. The van der Waals surface area contributed by atoms with Crippen molar-refractivity contribution in [2.24, 2.45) is 5.92 Å². The topological polar surface area (TPSA) is 54.4 Å². The molecule has 1 N–H and O–H groups in total. The van der Waals surface area contributed by atoms with Crippen LogP contribution in [0, 0.1) is 5.92 Å². The summed E-state index contributed by atoms with van der Waals surface area (Å²) >= 11 is 0. The summed E-state index contributed by atoms with van der Waals surface area (Å²) in [5.74, 6) is -0.154. The highest BCUT2D eigenvalue weighted by atomic mass is 32.2. The lowest BCUT2D eigenvalue weighted by Gasteiger charge is -2.01. The lowest BCUT2D eigenvalue weighted by Crippen LogP contribution is -2.08. The fraction of sp³-hybridized carbons (Fsp3) is 0.538. The second-order valence-electron chi connectivity index (χ2n) is 4.76. The maximum atomic E-state index is 11.6. The van der Waals surface area contributed by atoms with E-state index in [0.717, 1.165) is 12.0 Å². The van der Waals surface area contributed by atoms with Gasteiger partial charge in [-0.25, -0.2) is 8.42 Å². The number of hydrogen-bond donors (Lipinski definition) is 1. The highest BCUT2D eigenvalue weighted by molar-refractivity contribution is 7.91. The summed E-state index contributed by atoms with van der Waals surface area (Å²) in [6.07, 6.45) is 2.23. The average Bonchev–Trinajstić information content (AvgIpc) is 3.03. The predicted molar refractivity (Wildman–Crippen MR) is 67.8 cm³/mol. The second-order valence-corrected chi connectivity index (χ2v) is 6.96. The summed E-state index contributed by atoms with van der Waals surface area (Å²) in [5.41, 5.74) is 2.27. The molecule has 0 spiro atoms. The van der Waals surface area contributed by atoms with E-state index in [0.29, 0.717) is 0 Å². The number of aliphatic hydroxyl groups excluding tert-OH is 1. The van der Waals surface area contributed by atoms with Gasteiger partial charge in [0.25, 0.3) is 0 Å². The van der Waals surface area contributed by atoms with Crippen molar-refractivity contribution in [1.29, 1.82) is 0 Å². The fourth-order valence-corrected chi connectivity index (χ4v) is 4.25. The van der Waals surface area contributed by atoms with Gasteiger partial charge in [-0.15, -0.1) is 0 Å². The monoisotopic (exact) mass is 254 g/mol. The summed E-state index contributed by atoms with van der Waals surface area (Å²) in [5, 5.41) is 8.81. The Morgan fingerprint density at radius 1 is 1.24 bits per heavy atom. The van der Waals surface area contributed by atoms with Crippen molar-refractivity contribution in [2.45, 2.75) is 24.5 Å². The third-order valence-corrected chi connectivity index (χ3v) is 5.21. The van der Waals surface area contributed by atoms with E-state index in [9.17, 15) is 13.5 Å². The third-order valence-electron chi connectivity index (χ3n) is 3.57. The van der Waals surface area contributed by atoms with Crippen LogP contribution in [-0.4, -0.2) is 31.6 Å². The summed E-state index contributed by atoms with van der Waals surface area (Å²) < 4.78 is 23.1. The molecular weight excluding hydrogens is 236 g/mol. The van der Waals surface area contributed by atoms with E-state index in [1.54, 1.807) is 0 Å². The molecule has 0 unspecified atom stereocenters. The minimum atomic E-state index is -3.06. The number of sulfone groups is 1. The van der Waals surface area contributed by atoms with Crippen molar-refractivity contribution in [3.05, 3.63) is 35.4 Å². The van der Waals surface area contributed by atoms with Gasteiger partial charge < -0.3 is 5.11 Å². The zero-order chi connectivity index (χ0) is 12.6. The maximum absolute atomic E-state index is 11.6. The molecule has 0 heterocycles. The smallest absolute Gasteiger partial charge is 0.151 e. The van der Waals surface area contributed by atoms with E-state index in [2.05, 4.69) is 6.92 Å². The predicted octanol–water partition coefficient (Wildman–Crippen LogP) is 1.37. The van der Waals surface area contributed by atoms with Gasteiger partial charge in [0.1, 0.15) is 0 Å². The molecule has 2 rings (SSSR count).